The van der Waals surface area contributed by atoms with Crippen LogP contribution < -0.4 is 9.64 Å². The smallest absolute Gasteiger partial charge is 0.227 e. The molecule has 0 atom stereocenters. The fourth-order valence-electron chi connectivity index (χ4n) is 2.74. The van der Waals surface area contributed by atoms with E-state index in [2.05, 4.69) is 0 Å². The summed E-state index contributed by atoms with van der Waals surface area (Å²) in [6.07, 6.45) is 1.49. The Bertz CT molecular complexity index is 717. The van der Waals surface area contributed by atoms with Crippen LogP contribution in [0.2, 0.25) is 5.02 Å². The fraction of sp³-hybridized carbons (Fsp3) is 0.278. The molecule has 0 aromatic heterocycles. The van der Waals surface area contributed by atoms with E-state index in [-0.39, 0.29) is 19.1 Å². The predicted molar refractivity (Wildman–Crippen MR) is 91.1 cm³/mol. The Kier molecular flexibility index (Phi) is 4.84. The van der Waals surface area contributed by atoms with E-state index in [1.165, 1.54) is 0 Å². The van der Waals surface area contributed by atoms with Crippen LogP contribution in [0.15, 0.2) is 42.5 Å². The average molecular weight is 332 g/mol. The zero-order valence-electron chi connectivity index (χ0n) is 12.7. The number of benzene rings is 2. The summed E-state index contributed by atoms with van der Waals surface area (Å²) in [6, 6.07) is 13.2. The molecule has 1 heterocycles. The van der Waals surface area contributed by atoms with Gasteiger partial charge < -0.3 is 14.7 Å². The second-order valence-electron chi connectivity index (χ2n) is 5.41. The number of aliphatic hydroxyl groups excluding tert-OH is 1. The molecule has 2 aromatic carbocycles. The maximum Gasteiger partial charge on any atom is 0.227 e. The molecule has 4 nitrogen and oxygen atoms in total. The first-order valence-electron chi connectivity index (χ1n) is 7.63. The zero-order valence-corrected chi connectivity index (χ0v) is 13.4. The summed E-state index contributed by atoms with van der Waals surface area (Å²) >= 11 is 6.35. The number of aliphatic hydroxyl groups is 1. The lowest BCUT2D eigenvalue weighted by Crippen LogP contribution is -2.23. The van der Waals surface area contributed by atoms with Gasteiger partial charge in [0.1, 0.15) is 12.4 Å². The van der Waals surface area contributed by atoms with Gasteiger partial charge in [0, 0.05) is 29.2 Å². The summed E-state index contributed by atoms with van der Waals surface area (Å²) in [5.41, 5.74) is 2.64. The predicted octanol–water partition coefficient (Wildman–Crippen LogP) is 3.50. The van der Waals surface area contributed by atoms with Gasteiger partial charge in [-0.25, -0.2) is 0 Å². The van der Waals surface area contributed by atoms with Crippen LogP contribution in [0, 0.1) is 0 Å². The van der Waals surface area contributed by atoms with Crippen molar-refractivity contribution < 1.29 is 14.6 Å². The third-order valence-electron chi connectivity index (χ3n) is 3.84. The van der Waals surface area contributed by atoms with Crippen molar-refractivity contribution in [1.82, 2.24) is 0 Å². The van der Waals surface area contributed by atoms with Crippen molar-refractivity contribution >= 4 is 23.2 Å². The minimum Gasteiger partial charge on any atom is -0.491 e. The minimum absolute atomic E-state index is 0.0302. The SMILES string of the molecule is O=C1CCCN1c1ccc(Cl)c(-c2cccc(OCCO)c2)c1. The molecular weight excluding hydrogens is 314 g/mol. The molecule has 23 heavy (non-hydrogen) atoms. The summed E-state index contributed by atoms with van der Waals surface area (Å²) in [4.78, 5) is 13.7. The van der Waals surface area contributed by atoms with Gasteiger partial charge in [0.05, 0.1) is 6.61 Å². The summed E-state index contributed by atoms with van der Waals surface area (Å²) in [6.45, 7) is 0.969. The van der Waals surface area contributed by atoms with Crippen LogP contribution in [0.25, 0.3) is 11.1 Å². The number of halogens is 1. The van der Waals surface area contributed by atoms with Crippen LogP contribution in [0.1, 0.15) is 12.8 Å². The van der Waals surface area contributed by atoms with Crippen LogP contribution in [0.3, 0.4) is 0 Å². The van der Waals surface area contributed by atoms with Crippen LogP contribution >= 0.6 is 11.6 Å². The topological polar surface area (TPSA) is 49.8 Å². The van der Waals surface area contributed by atoms with Crippen molar-refractivity contribution in [2.75, 3.05) is 24.7 Å². The number of nitrogens with zero attached hydrogens (tertiary/aromatic N) is 1. The van der Waals surface area contributed by atoms with Crippen LogP contribution in [-0.2, 0) is 4.79 Å². The Morgan fingerprint density at radius 1 is 1.22 bits per heavy atom. The molecule has 1 aliphatic rings. The van der Waals surface area contributed by atoms with Crippen molar-refractivity contribution in [3.8, 4) is 16.9 Å². The highest BCUT2D eigenvalue weighted by atomic mass is 35.5. The van der Waals surface area contributed by atoms with Gasteiger partial charge in [0.2, 0.25) is 5.91 Å². The van der Waals surface area contributed by atoms with Crippen molar-refractivity contribution in [1.29, 1.82) is 0 Å². The first-order valence-corrected chi connectivity index (χ1v) is 8.01. The lowest BCUT2D eigenvalue weighted by atomic mass is 10.0. The number of hydrogen-bond donors (Lipinski definition) is 1. The summed E-state index contributed by atoms with van der Waals surface area (Å²) in [5, 5.41) is 9.48. The molecule has 3 rings (SSSR count). The Morgan fingerprint density at radius 2 is 2.09 bits per heavy atom. The van der Waals surface area contributed by atoms with Gasteiger partial charge >= 0.3 is 0 Å². The van der Waals surface area contributed by atoms with E-state index in [1.54, 1.807) is 4.90 Å². The first kappa shape index (κ1) is 15.8. The number of hydrogen-bond acceptors (Lipinski definition) is 3. The molecule has 5 heteroatoms. The van der Waals surface area contributed by atoms with E-state index in [9.17, 15) is 4.79 Å². The molecule has 1 aliphatic heterocycles. The molecule has 2 aromatic rings. The third-order valence-corrected chi connectivity index (χ3v) is 4.17. The van der Waals surface area contributed by atoms with E-state index in [1.807, 2.05) is 42.5 Å². The number of anilines is 1. The number of amides is 1. The third kappa shape index (κ3) is 3.49. The summed E-state index contributed by atoms with van der Waals surface area (Å²) in [7, 11) is 0. The molecule has 0 radical (unpaired) electrons. The maximum absolute atomic E-state index is 11.9. The molecule has 0 saturated carbocycles. The van der Waals surface area contributed by atoms with Gasteiger partial charge in [-0.2, -0.15) is 0 Å². The number of ether oxygens (including phenoxy) is 1. The molecular formula is C18H18ClNO3. The summed E-state index contributed by atoms with van der Waals surface area (Å²) in [5.74, 6) is 0.827. The van der Waals surface area contributed by atoms with E-state index < -0.39 is 0 Å². The van der Waals surface area contributed by atoms with E-state index in [0.717, 1.165) is 29.8 Å². The Morgan fingerprint density at radius 3 is 2.83 bits per heavy atom. The fourth-order valence-corrected chi connectivity index (χ4v) is 2.97. The Hall–Kier alpha value is -2.04. The molecule has 0 aliphatic carbocycles. The lowest BCUT2D eigenvalue weighted by molar-refractivity contribution is -0.117. The lowest BCUT2D eigenvalue weighted by Gasteiger charge is -2.17. The number of rotatable bonds is 5. The van der Waals surface area contributed by atoms with Crippen molar-refractivity contribution in [2.45, 2.75) is 12.8 Å². The van der Waals surface area contributed by atoms with Gasteiger partial charge in [-0.3, -0.25) is 4.79 Å². The summed E-state index contributed by atoms with van der Waals surface area (Å²) < 4.78 is 5.45. The normalized spacial score (nSPS) is 14.3. The zero-order chi connectivity index (χ0) is 16.2. The highest BCUT2D eigenvalue weighted by Crippen LogP contribution is 2.34. The highest BCUT2D eigenvalue weighted by Gasteiger charge is 2.22. The molecule has 1 N–H and O–H groups in total. The van der Waals surface area contributed by atoms with Gasteiger partial charge in [-0.1, -0.05) is 23.7 Å². The van der Waals surface area contributed by atoms with Crippen LogP contribution in [-0.4, -0.2) is 30.8 Å². The van der Waals surface area contributed by atoms with Gasteiger partial charge in [0.15, 0.2) is 0 Å². The molecule has 120 valence electrons. The van der Waals surface area contributed by atoms with Gasteiger partial charge in [-0.15, -0.1) is 0 Å². The molecule has 1 amide bonds. The highest BCUT2D eigenvalue weighted by molar-refractivity contribution is 6.33. The largest absolute Gasteiger partial charge is 0.491 e. The van der Waals surface area contributed by atoms with E-state index in [0.29, 0.717) is 17.2 Å². The molecule has 0 unspecified atom stereocenters. The second-order valence-corrected chi connectivity index (χ2v) is 5.82. The van der Waals surface area contributed by atoms with E-state index in [4.69, 9.17) is 21.4 Å². The van der Waals surface area contributed by atoms with Crippen LogP contribution in [0.5, 0.6) is 5.75 Å². The van der Waals surface area contributed by atoms with Gasteiger partial charge in [0.25, 0.3) is 0 Å². The van der Waals surface area contributed by atoms with Crippen molar-refractivity contribution in [2.24, 2.45) is 0 Å². The quantitative estimate of drug-likeness (QED) is 0.912. The average Bonchev–Trinajstić information content (AvgIpc) is 3.00. The Balaban J connectivity index is 1.94. The number of carbonyl (C=O) groups is 1. The molecule has 1 saturated heterocycles. The molecule has 0 bridgehead atoms. The van der Waals surface area contributed by atoms with Gasteiger partial charge in [-0.05, 0) is 42.3 Å². The standard InChI is InChI=1S/C18H18ClNO3/c19-17-7-6-14(20-8-2-5-18(20)22)12-16(17)13-3-1-4-15(11-13)23-10-9-21/h1,3-4,6-7,11-12,21H,2,5,8-10H2. The molecule has 1 fully saturated rings. The second kappa shape index (κ2) is 7.02. The van der Waals surface area contributed by atoms with Crippen molar-refractivity contribution in [3.05, 3.63) is 47.5 Å². The Labute approximate surface area is 140 Å². The van der Waals surface area contributed by atoms with Crippen molar-refractivity contribution in [3.63, 3.8) is 0 Å². The minimum atomic E-state index is -0.0302. The molecule has 0 spiro atoms. The monoisotopic (exact) mass is 331 g/mol. The number of carbonyl (C=O) groups excluding carboxylic acids is 1. The maximum atomic E-state index is 11.9. The van der Waals surface area contributed by atoms with E-state index >= 15 is 0 Å². The van der Waals surface area contributed by atoms with Crippen LogP contribution in [0.4, 0.5) is 5.69 Å². The first-order chi connectivity index (χ1) is 11.2.